The van der Waals surface area contributed by atoms with Gasteiger partial charge in [-0.2, -0.15) is 0 Å². The molecule has 1 N–H and O–H groups in total. The molecule has 0 saturated carbocycles. The number of nitrogens with one attached hydrogen (secondary N) is 1. The van der Waals surface area contributed by atoms with E-state index in [9.17, 15) is 4.79 Å². The number of hydrogen-bond donors (Lipinski definition) is 1. The van der Waals surface area contributed by atoms with E-state index in [-0.39, 0.29) is 5.91 Å². The number of amides is 1. The van der Waals surface area contributed by atoms with Crippen LogP contribution in [0.15, 0.2) is 24.5 Å². The number of nitrogens with zero attached hydrogens (tertiary/aromatic N) is 1. The Morgan fingerprint density at radius 3 is 2.81 bits per heavy atom. The third-order valence-corrected chi connectivity index (χ3v) is 2.00. The van der Waals surface area contributed by atoms with E-state index < -0.39 is 6.10 Å². The molecule has 0 aliphatic carbocycles. The van der Waals surface area contributed by atoms with Crippen molar-refractivity contribution in [2.24, 2.45) is 5.92 Å². The lowest BCUT2D eigenvalue weighted by molar-refractivity contribution is -0.127. The summed E-state index contributed by atoms with van der Waals surface area (Å²) in [6.07, 6.45) is 2.76. The molecule has 1 unspecified atom stereocenters. The van der Waals surface area contributed by atoms with Crippen LogP contribution in [0.1, 0.15) is 20.8 Å². The molecule has 1 atom stereocenters. The van der Waals surface area contributed by atoms with Crippen LogP contribution in [0.3, 0.4) is 0 Å². The first-order valence-corrected chi connectivity index (χ1v) is 5.44. The van der Waals surface area contributed by atoms with Gasteiger partial charge in [-0.15, -0.1) is 0 Å². The van der Waals surface area contributed by atoms with E-state index >= 15 is 0 Å². The zero-order chi connectivity index (χ0) is 12.0. The summed E-state index contributed by atoms with van der Waals surface area (Å²) in [6.45, 7) is 6.49. The molecule has 0 aliphatic heterocycles. The lowest BCUT2D eigenvalue weighted by atomic mass is 10.2. The number of pyridine rings is 1. The van der Waals surface area contributed by atoms with Crippen LogP contribution in [0.25, 0.3) is 0 Å². The maximum absolute atomic E-state index is 11.6. The smallest absolute Gasteiger partial charge is 0.260 e. The highest BCUT2D eigenvalue weighted by atomic mass is 16.5. The predicted octanol–water partition coefficient (Wildman–Crippen LogP) is 1.62. The van der Waals surface area contributed by atoms with Crippen LogP contribution in [0.4, 0.5) is 0 Å². The quantitative estimate of drug-likeness (QED) is 0.823. The van der Waals surface area contributed by atoms with Gasteiger partial charge in [0, 0.05) is 12.7 Å². The van der Waals surface area contributed by atoms with Crippen LogP contribution in [-0.2, 0) is 4.79 Å². The number of carbonyl (C=O) groups excluding carboxylic acids is 1. The Balaban J connectivity index is 2.40. The Bertz CT molecular complexity index is 325. The molecule has 4 nitrogen and oxygen atoms in total. The molecule has 1 heterocycles. The van der Waals surface area contributed by atoms with Gasteiger partial charge in [0.15, 0.2) is 6.10 Å². The maximum Gasteiger partial charge on any atom is 0.260 e. The molecule has 1 amide bonds. The first-order chi connectivity index (χ1) is 7.59. The lowest BCUT2D eigenvalue weighted by Crippen LogP contribution is -2.38. The van der Waals surface area contributed by atoms with Crippen LogP contribution in [-0.4, -0.2) is 23.5 Å². The van der Waals surface area contributed by atoms with E-state index in [0.29, 0.717) is 18.2 Å². The third kappa shape index (κ3) is 4.29. The predicted molar refractivity (Wildman–Crippen MR) is 62.2 cm³/mol. The summed E-state index contributed by atoms with van der Waals surface area (Å²) in [6, 6.07) is 3.55. The van der Waals surface area contributed by atoms with Gasteiger partial charge in [0.25, 0.3) is 5.91 Å². The summed E-state index contributed by atoms with van der Waals surface area (Å²) in [4.78, 5) is 15.5. The number of ether oxygens (including phenoxy) is 1. The zero-order valence-corrected chi connectivity index (χ0v) is 9.93. The minimum absolute atomic E-state index is 0.0995. The summed E-state index contributed by atoms with van der Waals surface area (Å²) >= 11 is 0. The van der Waals surface area contributed by atoms with Gasteiger partial charge in [0.1, 0.15) is 5.75 Å². The van der Waals surface area contributed by atoms with Crippen molar-refractivity contribution < 1.29 is 9.53 Å². The van der Waals surface area contributed by atoms with Crippen molar-refractivity contribution in [3.8, 4) is 5.75 Å². The van der Waals surface area contributed by atoms with Crippen molar-refractivity contribution in [1.82, 2.24) is 10.3 Å². The molecule has 0 aromatic carbocycles. The Morgan fingerprint density at radius 2 is 2.25 bits per heavy atom. The fourth-order valence-electron chi connectivity index (χ4n) is 1.12. The number of hydrogen-bond acceptors (Lipinski definition) is 3. The molecule has 16 heavy (non-hydrogen) atoms. The van der Waals surface area contributed by atoms with Gasteiger partial charge in [-0.1, -0.05) is 13.8 Å². The fraction of sp³-hybridized carbons (Fsp3) is 0.500. The molecule has 1 aromatic heterocycles. The highest BCUT2D eigenvalue weighted by molar-refractivity contribution is 5.80. The monoisotopic (exact) mass is 222 g/mol. The largest absolute Gasteiger partial charge is 0.479 e. The van der Waals surface area contributed by atoms with Crippen molar-refractivity contribution in [2.45, 2.75) is 26.9 Å². The molecule has 0 spiro atoms. The Morgan fingerprint density at radius 1 is 1.50 bits per heavy atom. The number of rotatable bonds is 5. The fourth-order valence-corrected chi connectivity index (χ4v) is 1.12. The highest BCUT2D eigenvalue weighted by Gasteiger charge is 2.14. The van der Waals surface area contributed by atoms with Gasteiger partial charge in [0.05, 0.1) is 6.20 Å². The van der Waals surface area contributed by atoms with Crippen LogP contribution < -0.4 is 10.1 Å². The summed E-state index contributed by atoms with van der Waals surface area (Å²) in [7, 11) is 0. The molecule has 0 radical (unpaired) electrons. The van der Waals surface area contributed by atoms with Crippen LogP contribution in [0.5, 0.6) is 5.75 Å². The molecular weight excluding hydrogens is 204 g/mol. The van der Waals surface area contributed by atoms with E-state index in [1.807, 2.05) is 13.8 Å². The first kappa shape index (κ1) is 12.5. The van der Waals surface area contributed by atoms with Gasteiger partial charge in [-0.25, -0.2) is 0 Å². The van der Waals surface area contributed by atoms with Gasteiger partial charge in [-0.05, 0) is 25.0 Å². The summed E-state index contributed by atoms with van der Waals surface area (Å²) < 4.78 is 5.43. The minimum Gasteiger partial charge on any atom is -0.479 e. The van der Waals surface area contributed by atoms with Crippen LogP contribution in [0, 0.1) is 5.92 Å². The van der Waals surface area contributed by atoms with E-state index in [1.165, 1.54) is 0 Å². The van der Waals surface area contributed by atoms with Gasteiger partial charge in [0.2, 0.25) is 0 Å². The second-order valence-corrected chi connectivity index (χ2v) is 4.09. The van der Waals surface area contributed by atoms with E-state index in [4.69, 9.17) is 4.74 Å². The molecule has 0 bridgehead atoms. The van der Waals surface area contributed by atoms with E-state index in [2.05, 4.69) is 10.3 Å². The Hall–Kier alpha value is -1.58. The van der Waals surface area contributed by atoms with Crippen molar-refractivity contribution in [3.63, 3.8) is 0 Å². The van der Waals surface area contributed by atoms with Crippen molar-refractivity contribution in [3.05, 3.63) is 24.5 Å². The molecular formula is C12H18N2O2. The number of aromatic nitrogens is 1. The van der Waals surface area contributed by atoms with Crippen LogP contribution in [0.2, 0.25) is 0 Å². The summed E-state index contributed by atoms with van der Waals surface area (Å²) in [5.74, 6) is 0.946. The topological polar surface area (TPSA) is 51.2 Å². The average Bonchev–Trinajstić information content (AvgIpc) is 2.27. The lowest BCUT2D eigenvalue weighted by Gasteiger charge is -2.15. The standard InChI is InChI=1S/C12H18N2O2/c1-9(2)7-14-12(15)10(3)16-11-5-4-6-13-8-11/h4-6,8-10H,7H2,1-3H3,(H,14,15). The van der Waals surface area contributed by atoms with Gasteiger partial charge in [-0.3, -0.25) is 9.78 Å². The zero-order valence-electron chi connectivity index (χ0n) is 9.93. The second kappa shape index (κ2) is 6.10. The molecule has 0 fully saturated rings. The first-order valence-electron chi connectivity index (χ1n) is 5.44. The van der Waals surface area contributed by atoms with Crippen molar-refractivity contribution in [1.29, 1.82) is 0 Å². The van der Waals surface area contributed by atoms with E-state index in [1.54, 1.807) is 31.5 Å². The molecule has 4 heteroatoms. The van der Waals surface area contributed by atoms with Gasteiger partial charge < -0.3 is 10.1 Å². The van der Waals surface area contributed by atoms with E-state index in [0.717, 1.165) is 0 Å². The molecule has 0 saturated heterocycles. The van der Waals surface area contributed by atoms with Crippen molar-refractivity contribution >= 4 is 5.91 Å². The maximum atomic E-state index is 11.6. The highest BCUT2D eigenvalue weighted by Crippen LogP contribution is 2.08. The normalized spacial score (nSPS) is 12.2. The number of carbonyl (C=O) groups is 1. The molecule has 0 aliphatic rings. The molecule has 1 rings (SSSR count). The Kier molecular flexibility index (Phi) is 4.76. The average molecular weight is 222 g/mol. The van der Waals surface area contributed by atoms with Crippen molar-refractivity contribution in [2.75, 3.05) is 6.54 Å². The SMILES string of the molecule is CC(C)CNC(=O)C(C)Oc1cccnc1. The third-order valence-electron chi connectivity index (χ3n) is 2.00. The Labute approximate surface area is 96.0 Å². The second-order valence-electron chi connectivity index (χ2n) is 4.09. The molecule has 1 aromatic rings. The minimum atomic E-state index is -0.497. The van der Waals surface area contributed by atoms with Gasteiger partial charge >= 0.3 is 0 Å². The van der Waals surface area contributed by atoms with Crippen LogP contribution >= 0.6 is 0 Å². The molecule has 88 valence electrons. The summed E-state index contributed by atoms with van der Waals surface area (Å²) in [5, 5.41) is 2.82. The summed E-state index contributed by atoms with van der Waals surface area (Å²) in [5.41, 5.74) is 0.